The smallest absolute Gasteiger partial charge is 0.240 e. The van der Waals surface area contributed by atoms with E-state index in [0.717, 1.165) is 0 Å². The molecule has 146 valence electrons. The topological polar surface area (TPSA) is 82.9 Å². The summed E-state index contributed by atoms with van der Waals surface area (Å²) in [5.74, 6) is -0.902. The fourth-order valence-corrected chi connectivity index (χ4v) is 2.93. The van der Waals surface area contributed by atoms with Crippen molar-refractivity contribution in [3.05, 3.63) is 67.6 Å². The Bertz CT molecular complexity index is 816. The van der Waals surface area contributed by atoms with E-state index in [1.54, 1.807) is 36.4 Å². The number of hydrogen-bond acceptors (Lipinski definition) is 4. The Hall–Kier alpha value is -2.12. The molecule has 0 aliphatic carbocycles. The van der Waals surface area contributed by atoms with Gasteiger partial charge in [0.15, 0.2) is 0 Å². The molecule has 0 aromatic heterocycles. The third-order valence-electron chi connectivity index (χ3n) is 3.34. The van der Waals surface area contributed by atoms with Gasteiger partial charge in [0.05, 0.1) is 32.5 Å². The monoisotopic (exact) mass is 458 g/mol. The first-order valence-corrected chi connectivity index (χ1v) is 9.41. The largest absolute Gasteiger partial charge is 0.273 e. The summed E-state index contributed by atoms with van der Waals surface area (Å²) in [7, 11) is 0. The van der Waals surface area contributed by atoms with E-state index < -0.39 is 11.8 Å². The van der Waals surface area contributed by atoms with Gasteiger partial charge in [0, 0.05) is 24.0 Å². The number of benzene rings is 2. The molecule has 0 saturated carbocycles. The summed E-state index contributed by atoms with van der Waals surface area (Å²) in [6, 6.07) is 9.99. The van der Waals surface area contributed by atoms with Gasteiger partial charge in [-0.1, -0.05) is 58.5 Å². The standard InChI is InChI=1S/C18H14Cl4N4O2/c19-13-3-1-4-14(20)11(13)9-23-25-17(27)7-8-18(28)26-24-10-12-15(21)5-2-6-16(12)22/h1-6,9-10H,7-8H2,(H,25,27)(H,26,28)/b23-9-,24-10-. The average Bonchev–Trinajstić information content (AvgIpc) is 2.65. The Balaban J connectivity index is 1.77. The van der Waals surface area contributed by atoms with Crippen LogP contribution < -0.4 is 10.9 Å². The van der Waals surface area contributed by atoms with Crippen molar-refractivity contribution in [2.75, 3.05) is 0 Å². The second-order valence-corrected chi connectivity index (χ2v) is 6.99. The summed E-state index contributed by atoms with van der Waals surface area (Å²) in [5, 5.41) is 9.17. The van der Waals surface area contributed by atoms with Crippen molar-refractivity contribution in [1.29, 1.82) is 0 Å². The third-order valence-corrected chi connectivity index (χ3v) is 4.66. The van der Waals surface area contributed by atoms with Crippen LogP contribution in [0.15, 0.2) is 46.6 Å². The normalized spacial score (nSPS) is 11.1. The molecule has 2 N–H and O–H groups in total. The van der Waals surface area contributed by atoms with Crippen LogP contribution in [0.25, 0.3) is 0 Å². The Morgan fingerprint density at radius 2 is 1.04 bits per heavy atom. The Morgan fingerprint density at radius 1 is 0.714 bits per heavy atom. The number of carbonyl (C=O) groups is 2. The summed E-state index contributed by atoms with van der Waals surface area (Å²) >= 11 is 24.0. The van der Waals surface area contributed by atoms with Crippen molar-refractivity contribution in [2.24, 2.45) is 10.2 Å². The van der Waals surface area contributed by atoms with E-state index in [1.165, 1.54) is 12.4 Å². The molecule has 0 aliphatic rings. The van der Waals surface area contributed by atoms with Crippen molar-refractivity contribution >= 4 is 70.6 Å². The van der Waals surface area contributed by atoms with Crippen molar-refractivity contribution in [3.63, 3.8) is 0 Å². The molecule has 0 heterocycles. The first kappa shape index (κ1) is 22.2. The van der Waals surface area contributed by atoms with Gasteiger partial charge in [-0.3, -0.25) is 9.59 Å². The van der Waals surface area contributed by atoms with Crippen LogP contribution in [0.1, 0.15) is 24.0 Å². The molecule has 6 nitrogen and oxygen atoms in total. The Morgan fingerprint density at radius 3 is 1.36 bits per heavy atom. The van der Waals surface area contributed by atoms with Crippen LogP contribution >= 0.6 is 46.4 Å². The van der Waals surface area contributed by atoms with E-state index in [2.05, 4.69) is 21.1 Å². The van der Waals surface area contributed by atoms with E-state index >= 15 is 0 Å². The molecular formula is C18H14Cl4N4O2. The lowest BCUT2D eigenvalue weighted by Crippen LogP contribution is -2.22. The number of nitrogens with one attached hydrogen (secondary N) is 2. The summed E-state index contributed by atoms with van der Waals surface area (Å²) in [4.78, 5) is 23.5. The lowest BCUT2D eigenvalue weighted by atomic mass is 10.2. The first-order chi connectivity index (χ1) is 13.4. The lowest BCUT2D eigenvalue weighted by molar-refractivity contribution is -0.126. The zero-order valence-electron chi connectivity index (χ0n) is 14.3. The molecule has 2 aromatic carbocycles. The summed E-state index contributed by atoms with van der Waals surface area (Å²) in [5.41, 5.74) is 5.56. The fraction of sp³-hybridized carbons (Fsp3) is 0.111. The summed E-state index contributed by atoms with van der Waals surface area (Å²) < 4.78 is 0. The average molecular weight is 460 g/mol. The molecule has 0 bridgehead atoms. The molecule has 2 amide bonds. The number of hydrazone groups is 2. The maximum absolute atomic E-state index is 11.7. The molecule has 0 radical (unpaired) electrons. The van der Waals surface area contributed by atoms with Crippen molar-refractivity contribution < 1.29 is 9.59 Å². The first-order valence-electron chi connectivity index (χ1n) is 7.90. The van der Waals surface area contributed by atoms with Crippen LogP contribution in [0.5, 0.6) is 0 Å². The van der Waals surface area contributed by atoms with Gasteiger partial charge >= 0.3 is 0 Å². The highest BCUT2D eigenvalue weighted by Crippen LogP contribution is 2.22. The van der Waals surface area contributed by atoms with Gasteiger partial charge in [0.2, 0.25) is 11.8 Å². The molecule has 28 heavy (non-hydrogen) atoms. The molecule has 0 saturated heterocycles. The van der Waals surface area contributed by atoms with Crippen LogP contribution in [-0.2, 0) is 9.59 Å². The Labute approximate surface area is 181 Å². The molecule has 2 aromatic rings. The van der Waals surface area contributed by atoms with Gasteiger partial charge in [-0.25, -0.2) is 10.9 Å². The highest BCUT2D eigenvalue weighted by molar-refractivity contribution is 6.39. The van der Waals surface area contributed by atoms with Gasteiger partial charge in [-0.2, -0.15) is 10.2 Å². The molecule has 0 fully saturated rings. The quantitative estimate of drug-likeness (QED) is 0.465. The van der Waals surface area contributed by atoms with Crippen molar-refractivity contribution in [1.82, 2.24) is 10.9 Å². The number of carbonyl (C=O) groups excluding carboxylic acids is 2. The maximum Gasteiger partial charge on any atom is 0.240 e. The minimum atomic E-state index is -0.451. The van der Waals surface area contributed by atoms with Crippen LogP contribution in [0, 0.1) is 0 Å². The summed E-state index contributed by atoms with van der Waals surface area (Å²) in [6.07, 6.45) is 2.50. The Kier molecular flexibility index (Phi) is 8.73. The van der Waals surface area contributed by atoms with Gasteiger partial charge in [0.25, 0.3) is 0 Å². The van der Waals surface area contributed by atoms with Crippen LogP contribution in [0.3, 0.4) is 0 Å². The fourth-order valence-electron chi connectivity index (χ4n) is 1.94. The minimum absolute atomic E-state index is 0.0816. The van der Waals surface area contributed by atoms with Gasteiger partial charge in [0.1, 0.15) is 0 Å². The highest BCUT2D eigenvalue weighted by Gasteiger charge is 2.07. The number of rotatable bonds is 7. The zero-order chi connectivity index (χ0) is 20.5. The molecule has 10 heteroatoms. The van der Waals surface area contributed by atoms with Crippen molar-refractivity contribution in [2.45, 2.75) is 12.8 Å². The van der Waals surface area contributed by atoms with E-state index in [1.807, 2.05) is 0 Å². The number of nitrogens with zero attached hydrogens (tertiary/aromatic N) is 2. The molecule has 2 rings (SSSR count). The highest BCUT2D eigenvalue weighted by atomic mass is 35.5. The van der Waals surface area contributed by atoms with Crippen LogP contribution in [0.2, 0.25) is 20.1 Å². The van der Waals surface area contributed by atoms with Gasteiger partial charge in [-0.15, -0.1) is 0 Å². The van der Waals surface area contributed by atoms with Gasteiger partial charge in [-0.05, 0) is 24.3 Å². The predicted molar refractivity (Wildman–Crippen MR) is 114 cm³/mol. The molecule has 0 spiro atoms. The predicted octanol–water partition coefficient (Wildman–Crippen LogP) is 4.68. The number of halogens is 4. The molecular weight excluding hydrogens is 446 g/mol. The zero-order valence-corrected chi connectivity index (χ0v) is 17.3. The van der Waals surface area contributed by atoms with Crippen LogP contribution in [-0.4, -0.2) is 24.2 Å². The van der Waals surface area contributed by atoms with E-state index in [0.29, 0.717) is 31.2 Å². The van der Waals surface area contributed by atoms with Gasteiger partial charge < -0.3 is 0 Å². The minimum Gasteiger partial charge on any atom is -0.273 e. The second kappa shape index (κ2) is 11.0. The number of amides is 2. The SMILES string of the molecule is O=C(CCC(=O)N/N=C\c1c(Cl)cccc1Cl)N/N=C\c1c(Cl)cccc1Cl. The third kappa shape index (κ3) is 6.80. The van der Waals surface area contributed by atoms with E-state index in [9.17, 15) is 9.59 Å². The number of hydrogen-bond donors (Lipinski definition) is 2. The summed E-state index contributed by atoms with van der Waals surface area (Å²) in [6.45, 7) is 0. The molecule has 0 aliphatic heterocycles. The van der Waals surface area contributed by atoms with E-state index in [-0.39, 0.29) is 12.8 Å². The lowest BCUT2D eigenvalue weighted by Gasteiger charge is -2.02. The van der Waals surface area contributed by atoms with E-state index in [4.69, 9.17) is 46.4 Å². The van der Waals surface area contributed by atoms with Crippen LogP contribution in [0.4, 0.5) is 0 Å². The second-order valence-electron chi connectivity index (χ2n) is 5.36. The maximum atomic E-state index is 11.7. The molecule has 0 atom stereocenters. The van der Waals surface area contributed by atoms with Crippen molar-refractivity contribution in [3.8, 4) is 0 Å². The molecule has 0 unspecified atom stereocenters.